The summed E-state index contributed by atoms with van der Waals surface area (Å²) in [7, 11) is 0.285. The molecule has 2 rings (SSSR count). The molecule has 5 unspecified atom stereocenters. The van der Waals surface area contributed by atoms with Crippen LogP contribution in [0.5, 0.6) is 0 Å². The van der Waals surface area contributed by atoms with E-state index >= 15 is 0 Å². The molecule has 6 nitrogen and oxygen atoms in total. The third kappa shape index (κ3) is 3.79. The monoisotopic (exact) mass is 325 g/mol. The van der Waals surface area contributed by atoms with E-state index in [0.717, 1.165) is 6.20 Å². The number of aromatic nitrogens is 2. The van der Waals surface area contributed by atoms with Crippen LogP contribution in [0.2, 0.25) is 0 Å². The van der Waals surface area contributed by atoms with Crippen LogP contribution in [0.4, 0.5) is 19.0 Å². The molecule has 118 valence electrons. The van der Waals surface area contributed by atoms with E-state index in [-0.39, 0.29) is 21.0 Å². The van der Waals surface area contributed by atoms with Crippen molar-refractivity contribution in [2.75, 3.05) is 18.6 Å². The highest BCUT2D eigenvalue weighted by Crippen LogP contribution is 2.29. The average molecular weight is 325 g/mol. The van der Waals surface area contributed by atoms with Gasteiger partial charge in [-0.1, -0.05) is 8.58 Å². The minimum absolute atomic E-state index is 0.0572. The zero-order valence-corrected chi connectivity index (χ0v) is 12.0. The van der Waals surface area contributed by atoms with E-state index in [2.05, 4.69) is 15.3 Å². The number of alkyl halides is 3. The van der Waals surface area contributed by atoms with E-state index < -0.39 is 36.0 Å². The van der Waals surface area contributed by atoms with Gasteiger partial charge in [-0.15, -0.1) is 0 Å². The first-order chi connectivity index (χ1) is 9.82. The molecule has 1 aliphatic rings. The maximum absolute atomic E-state index is 12.5. The largest absolute Gasteiger partial charge is 0.434 e. The summed E-state index contributed by atoms with van der Waals surface area (Å²) in [4.78, 5) is 6.85. The Morgan fingerprint density at radius 2 is 2.05 bits per heavy atom. The van der Waals surface area contributed by atoms with Gasteiger partial charge in [-0.3, -0.25) is 4.98 Å². The summed E-state index contributed by atoms with van der Waals surface area (Å²) in [5.74, 6) is -0.604. The normalized spacial score (nSPS) is 30.8. The summed E-state index contributed by atoms with van der Waals surface area (Å²) < 4.78 is 43.0. The number of aliphatic hydroxyl groups is 2. The van der Waals surface area contributed by atoms with Crippen molar-refractivity contribution in [2.24, 2.45) is 0 Å². The maximum atomic E-state index is 12.5. The number of anilines is 1. The number of nitrogens with zero attached hydrogens (tertiary/aromatic N) is 2. The van der Waals surface area contributed by atoms with Gasteiger partial charge in [-0.05, 0) is 6.66 Å². The summed E-state index contributed by atoms with van der Waals surface area (Å²) in [6.45, 7) is 1.88. The van der Waals surface area contributed by atoms with E-state index in [0.29, 0.717) is 6.20 Å². The first-order valence-corrected chi connectivity index (χ1v) is 7.71. The molecule has 5 atom stereocenters. The third-order valence-corrected chi connectivity index (χ3v) is 4.15. The van der Waals surface area contributed by atoms with Gasteiger partial charge < -0.3 is 20.3 Å². The molecule has 21 heavy (non-hydrogen) atoms. The van der Waals surface area contributed by atoms with Crippen LogP contribution in [0, 0.1) is 0 Å². The van der Waals surface area contributed by atoms with Crippen LogP contribution in [0.3, 0.4) is 0 Å². The highest BCUT2D eigenvalue weighted by molar-refractivity contribution is 7.37. The predicted octanol–water partition coefficient (Wildman–Crippen LogP) is 0.662. The zero-order chi connectivity index (χ0) is 15.6. The summed E-state index contributed by atoms with van der Waals surface area (Å²) in [5, 5.41) is 22.4. The van der Waals surface area contributed by atoms with Gasteiger partial charge in [0.25, 0.3) is 0 Å². The van der Waals surface area contributed by atoms with Crippen molar-refractivity contribution in [2.45, 2.75) is 30.3 Å². The number of nitrogens with one attached hydrogen (secondary N) is 1. The third-order valence-electron chi connectivity index (χ3n) is 3.07. The topological polar surface area (TPSA) is 87.5 Å². The zero-order valence-electron chi connectivity index (χ0n) is 11.0. The Bertz CT molecular complexity index is 491. The lowest BCUT2D eigenvalue weighted by atomic mass is 10.0. The van der Waals surface area contributed by atoms with Crippen molar-refractivity contribution in [1.29, 1.82) is 0 Å². The summed E-state index contributed by atoms with van der Waals surface area (Å²) in [6, 6.07) is -0.759. The van der Waals surface area contributed by atoms with Crippen LogP contribution >= 0.6 is 8.58 Å². The van der Waals surface area contributed by atoms with E-state index in [1.807, 2.05) is 6.66 Å². The van der Waals surface area contributed by atoms with Gasteiger partial charge in [0.05, 0.1) is 25.0 Å². The highest BCUT2D eigenvalue weighted by Gasteiger charge is 2.38. The SMILES string of the molecule is CPC1OCC(Nc2cncc(C(F)(F)F)n2)C(O)C1O. The molecule has 0 spiro atoms. The van der Waals surface area contributed by atoms with Crippen molar-refractivity contribution >= 4 is 14.4 Å². The highest BCUT2D eigenvalue weighted by atomic mass is 31.1. The lowest BCUT2D eigenvalue weighted by Crippen LogP contribution is -2.54. The molecule has 0 saturated carbocycles. The molecule has 1 aromatic heterocycles. The van der Waals surface area contributed by atoms with Gasteiger partial charge in [0.1, 0.15) is 23.9 Å². The molecular formula is C11H15F3N3O3P. The maximum Gasteiger partial charge on any atom is 0.434 e. The fourth-order valence-electron chi connectivity index (χ4n) is 1.96. The first kappa shape index (κ1) is 16.4. The minimum Gasteiger partial charge on any atom is -0.388 e. The fourth-order valence-corrected chi connectivity index (χ4v) is 2.77. The van der Waals surface area contributed by atoms with Gasteiger partial charge in [0, 0.05) is 0 Å². The molecule has 1 aliphatic heterocycles. The van der Waals surface area contributed by atoms with Crippen molar-refractivity contribution in [1.82, 2.24) is 9.97 Å². The van der Waals surface area contributed by atoms with Crippen LogP contribution in [-0.4, -0.2) is 57.5 Å². The van der Waals surface area contributed by atoms with E-state index in [1.165, 1.54) is 0 Å². The average Bonchev–Trinajstić information content (AvgIpc) is 2.44. The molecule has 1 saturated heterocycles. The van der Waals surface area contributed by atoms with E-state index in [4.69, 9.17) is 4.74 Å². The first-order valence-electron chi connectivity index (χ1n) is 6.13. The summed E-state index contributed by atoms with van der Waals surface area (Å²) in [5.41, 5.74) is -1.13. The lowest BCUT2D eigenvalue weighted by molar-refractivity contribution is -0.141. The Kier molecular flexibility index (Phi) is 4.98. The molecular weight excluding hydrogens is 310 g/mol. The Labute approximate surface area is 120 Å². The van der Waals surface area contributed by atoms with Gasteiger partial charge in [-0.25, -0.2) is 4.98 Å². The van der Waals surface area contributed by atoms with Gasteiger partial charge in [0.15, 0.2) is 5.69 Å². The number of hydrogen-bond acceptors (Lipinski definition) is 6. The van der Waals surface area contributed by atoms with Crippen LogP contribution < -0.4 is 5.32 Å². The second-order valence-corrected chi connectivity index (χ2v) is 5.71. The molecule has 0 radical (unpaired) electrons. The Hall–Kier alpha value is -1.02. The summed E-state index contributed by atoms with van der Waals surface area (Å²) in [6.07, 6.45) is -5.13. The second kappa shape index (κ2) is 6.39. The number of hydrogen-bond donors (Lipinski definition) is 3. The van der Waals surface area contributed by atoms with Gasteiger partial charge in [-0.2, -0.15) is 13.2 Å². The lowest BCUT2D eigenvalue weighted by Gasteiger charge is -2.37. The van der Waals surface area contributed by atoms with Crippen molar-refractivity contribution < 1.29 is 28.1 Å². The van der Waals surface area contributed by atoms with Crippen LogP contribution in [0.25, 0.3) is 0 Å². The molecule has 3 N–H and O–H groups in total. The van der Waals surface area contributed by atoms with Crippen molar-refractivity contribution in [3.05, 3.63) is 18.1 Å². The van der Waals surface area contributed by atoms with Gasteiger partial charge >= 0.3 is 6.18 Å². The van der Waals surface area contributed by atoms with Crippen LogP contribution in [0.15, 0.2) is 12.4 Å². The summed E-state index contributed by atoms with van der Waals surface area (Å²) >= 11 is 0. The Morgan fingerprint density at radius 1 is 1.33 bits per heavy atom. The van der Waals surface area contributed by atoms with E-state index in [9.17, 15) is 23.4 Å². The Morgan fingerprint density at radius 3 is 2.67 bits per heavy atom. The standard InChI is InChI=1S/C11H15F3N3O3P/c1-21-10-9(19)8(18)5(4-20-10)16-7-3-15-2-6(17-7)11(12,13)14/h2-3,5,8-10,18-19,21H,4H2,1H3,(H,16,17). The smallest absolute Gasteiger partial charge is 0.388 e. The molecule has 1 fully saturated rings. The second-order valence-electron chi connectivity index (χ2n) is 4.56. The molecule has 2 heterocycles. The molecule has 0 aromatic carbocycles. The number of rotatable bonds is 3. The molecule has 0 aliphatic carbocycles. The minimum atomic E-state index is -4.60. The van der Waals surface area contributed by atoms with Gasteiger partial charge in [0.2, 0.25) is 0 Å². The molecule has 10 heteroatoms. The van der Waals surface area contributed by atoms with Crippen LogP contribution in [0.1, 0.15) is 5.69 Å². The number of ether oxygens (including phenoxy) is 1. The van der Waals surface area contributed by atoms with Crippen LogP contribution in [-0.2, 0) is 10.9 Å². The molecule has 0 bridgehead atoms. The predicted molar refractivity (Wildman–Crippen MR) is 70.4 cm³/mol. The van der Waals surface area contributed by atoms with Crippen molar-refractivity contribution in [3.8, 4) is 0 Å². The molecule has 0 amide bonds. The number of halogens is 3. The molecule has 1 aromatic rings. The number of aliphatic hydroxyl groups excluding tert-OH is 2. The fraction of sp³-hybridized carbons (Fsp3) is 0.636. The van der Waals surface area contributed by atoms with E-state index in [1.54, 1.807) is 0 Å². The quantitative estimate of drug-likeness (QED) is 0.708. The van der Waals surface area contributed by atoms with Crippen molar-refractivity contribution in [3.63, 3.8) is 0 Å². The Balaban J connectivity index is 2.08.